The van der Waals surface area contributed by atoms with E-state index in [1.165, 1.54) is 0 Å². The van der Waals surface area contributed by atoms with Crippen molar-refractivity contribution in [2.24, 2.45) is 11.8 Å². The zero-order chi connectivity index (χ0) is 14.5. The molecule has 2 aliphatic rings. The minimum atomic E-state index is 0.148. The quantitative estimate of drug-likeness (QED) is 0.667. The SMILES string of the molecule is CC(C)OCCCNC(=O)CN1CC2CNCC2C1C. The number of fused-ring (bicyclic) bond motifs is 1. The fourth-order valence-corrected chi connectivity index (χ4v) is 3.32. The van der Waals surface area contributed by atoms with E-state index >= 15 is 0 Å². The van der Waals surface area contributed by atoms with Gasteiger partial charge in [0.2, 0.25) is 5.91 Å². The molecule has 0 aliphatic carbocycles. The van der Waals surface area contributed by atoms with Crippen molar-refractivity contribution in [2.75, 3.05) is 39.3 Å². The van der Waals surface area contributed by atoms with E-state index in [4.69, 9.17) is 4.74 Å². The second-order valence-corrected chi connectivity index (χ2v) is 6.38. The molecule has 3 atom stereocenters. The summed E-state index contributed by atoms with van der Waals surface area (Å²) in [6.07, 6.45) is 1.15. The van der Waals surface area contributed by atoms with E-state index < -0.39 is 0 Å². The largest absolute Gasteiger partial charge is 0.379 e. The molecule has 2 heterocycles. The topological polar surface area (TPSA) is 53.6 Å². The maximum atomic E-state index is 12.0. The number of rotatable bonds is 7. The van der Waals surface area contributed by atoms with Gasteiger partial charge in [-0.2, -0.15) is 0 Å². The van der Waals surface area contributed by atoms with Crippen molar-refractivity contribution in [3.8, 4) is 0 Å². The zero-order valence-corrected chi connectivity index (χ0v) is 13.0. The molecule has 0 aromatic rings. The van der Waals surface area contributed by atoms with E-state index in [9.17, 15) is 4.79 Å². The van der Waals surface area contributed by atoms with Crippen molar-refractivity contribution in [3.63, 3.8) is 0 Å². The smallest absolute Gasteiger partial charge is 0.234 e. The van der Waals surface area contributed by atoms with Gasteiger partial charge in [0.05, 0.1) is 12.6 Å². The monoisotopic (exact) mass is 283 g/mol. The summed E-state index contributed by atoms with van der Waals surface area (Å²) in [5, 5.41) is 6.44. The Morgan fingerprint density at radius 1 is 1.45 bits per heavy atom. The third kappa shape index (κ3) is 4.17. The molecule has 2 aliphatic heterocycles. The average Bonchev–Trinajstić information content (AvgIpc) is 2.93. The highest BCUT2D eigenvalue weighted by Gasteiger charge is 2.41. The Morgan fingerprint density at radius 2 is 2.25 bits per heavy atom. The highest BCUT2D eigenvalue weighted by atomic mass is 16.5. The van der Waals surface area contributed by atoms with E-state index in [-0.39, 0.29) is 12.0 Å². The Labute approximate surface area is 122 Å². The average molecular weight is 283 g/mol. The number of nitrogens with one attached hydrogen (secondary N) is 2. The van der Waals surface area contributed by atoms with Gasteiger partial charge in [-0.1, -0.05) is 0 Å². The number of amides is 1. The summed E-state index contributed by atoms with van der Waals surface area (Å²) in [4.78, 5) is 14.3. The maximum absolute atomic E-state index is 12.0. The normalized spacial score (nSPS) is 29.9. The van der Waals surface area contributed by atoms with E-state index in [0.29, 0.717) is 25.7 Å². The Morgan fingerprint density at radius 3 is 2.95 bits per heavy atom. The van der Waals surface area contributed by atoms with Gasteiger partial charge in [-0.05, 0) is 52.1 Å². The van der Waals surface area contributed by atoms with Gasteiger partial charge in [0, 0.05) is 25.7 Å². The van der Waals surface area contributed by atoms with Crippen LogP contribution in [0.15, 0.2) is 0 Å². The molecule has 2 rings (SSSR count). The Balaban J connectivity index is 1.60. The van der Waals surface area contributed by atoms with Crippen molar-refractivity contribution >= 4 is 5.91 Å². The van der Waals surface area contributed by atoms with Crippen molar-refractivity contribution in [3.05, 3.63) is 0 Å². The van der Waals surface area contributed by atoms with Crippen molar-refractivity contribution in [1.82, 2.24) is 15.5 Å². The minimum Gasteiger partial charge on any atom is -0.379 e. The lowest BCUT2D eigenvalue weighted by molar-refractivity contribution is -0.122. The van der Waals surface area contributed by atoms with Gasteiger partial charge in [0.25, 0.3) is 0 Å². The summed E-state index contributed by atoms with van der Waals surface area (Å²) >= 11 is 0. The predicted octanol–water partition coefficient (Wildman–Crippen LogP) is 0.457. The van der Waals surface area contributed by atoms with Crippen LogP contribution in [0.4, 0.5) is 0 Å². The van der Waals surface area contributed by atoms with Crippen LogP contribution < -0.4 is 10.6 Å². The number of nitrogens with zero attached hydrogens (tertiary/aromatic N) is 1. The molecule has 0 radical (unpaired) electrons. The first kappa shape index (κ1) is 15.7. The van der Waals surface area contributed by atoms with E-state index in [1.807, 2.05) is 13.8 Å². The summed E-state index contributed by atoms with van der Waals surface area (Å²) in [6, 6.07) is 0.519. The summed E-state index contributed by atoms with van der Waals surface area (Å²) in [7, 11) is 0. The molecule has 0 bridgehead atoms. The van der Waals surface area contributed by atoms with Gasteiger partial charge in [-0.25, -0.2) is 0 Å². The first-order valence-corrected chi connectivity index (χ1v) is 7.91. The first-order valence-electron chi connectivity index (χ1n) is 7.91. The van der Waals surface area contributed by atoms with E-state index in [1.54, 1.807) is 0 Å². The fraction of sp³-hybridized carbons (Fsp3) is 0.933. The molecule has 2 saturated heterocycles. The molecule has 0 aromatic heterocycles. The number of likely N-dealkylation sites (tertiary alicyclic amines) is 1. The summed E-state index contributed by atoms with van der Waals surface area (Å²) < 4.78 is 5.46. The molecule has 5 heteroatoms. The molecule has 3 unspecified atom stereocenters. The minimum absolute atomic E-state index is 0.148. The highest BCUT2D eigenvalue weighted by molar-refractivity contribution is 5.78. The van der Waals surface area contributed by atoms with Crippen LogP contribution in [0.2, 0.25) is 0 Å². The Bertz CT molecular complexity index is 322. The van der Waals surface area contributed by atoms with Gasteiger partial charge < -0.3 is 15.4 Å². The third-order valence-electron chi connectivity index (χ3n) is 4.50. The number of hydrogen-bond acceptors (Lipinski definition) is 4. The first-order chi connectivity index (χ1) is 9.58. The Hall–Kier alpha value is -0.650. The number of hydrogen-bond donors (Lipinski definition) is 2. The lowest BCUT2D eigenvalue weighted by atomic mass is 9.95. The molecule has 1 amide bonds. The van der Waals surface area contributed by atoms with Gasteiger partial charge in [0.15, 0.2) is 0 Å². The van der Waals surface area contributed by atoms with Gasteiger partial charge in [-0.15, -0.1) is 0 Å². The molecule has 116 valence electrons. The molecule has 5 nitrogen and oxygen atoms in total. The maximum Gasteiger partial charge on any atom is 0.234 e. The number of carbonyl (C=O) groups excluding carboxylic acids is 1. The van der Waals surface area contributed by atoms with Gasteiger partial charge >= 0.3 is 0 Å². The summed E-state index contributed by atoms with van der Waals surface area (Å²) in [5.41, 5.74) is 0. The van der Waals surface area contributed by atoms with Crippen molar-refractivity contribution in [2.45, 2.75) is 39.3 Å². The van der Waals surface area contributed by atoms with Crippen LogP contribution in [0.1, 0.15) is 27.2 Å². The molecule has 0 spiro atoms. The van der Waals surface area contributed by atoms with Crippen molar-refractivity contribution < 1.29 is 9.53 Å². The number of ether oxygens (including phenoxy) is 1. The molecular formula is C15H29N3O2. The molecule has 2 N–H and O–H groups in total. The number of carbonyl (C=O) groups is 1. The molecule has 0 aromatic carbocycles. The predicted molar refractivity (Wildman–Crippen MR) is 79.6 cm³/mol. The van der Waals surface area contributed by atoms with Crippen LogP contribution in [0.3, 0.4) is 0 Å². The van der Waals surface area contributed by atoms with Gasteiger partial charge in [0.1, 0.15) is 0 Å². The summed E-state index contributed by atoms with van der Waals surface area (Å²) in [6.45, 7) is 11.5. The van der Waals surface area contributed by atoms with Gasteiger partial charge in [-0.3, -0.25) is 9.69 Å². The van der Waals surface area contributed by atoms with Crippen molar-refractivity contribution in [1.29, 1.82) is 0 Å². The lowest BCUT2D eigenvalue weighted by Gasteiger charge is -2.23. The second kappa shape index (κ2) is 7.38. The fourth-order valence-electron chi connectivity index (χ4n) is 3.32. The lowest BCUT2D eigenvalue weighted by Crippen LogP contribution is -2.41. The molecule has 20 heavy (non-hydrogen) atoms. The Kier molecular flexibility index (Phi) is 5.81. The highest BCUT2D eigenvalue weighted by Crippen LogP contribution is 2.31. The molecule has 2 fully saturated rings. The third-order valence-corrected chi connectivity index (χ3v) is 4.50. The molecule has 0 saturated carbocycles. The van der Waals surface area contributed by atoms with Crippen LogP contribution in [0, 0.1) is 11.8 Å². The summed E-state index contributed by atoms with van der Waals surface area (Å²) in [5.74, 6) is 1.61. The standard InChI is InChI=1S/C15H29N3O2/c1-11(2)20-6-4-5-17-15(19)10-18-9-13-7-16-8-14(13)12(18)3/h11-14,16H,4-10H2,1-3H3,(H,17,19). The van der Waals surface area contributed by atoms with Crippen LogP contribution in [0.25, 0.3) is 0 Å². The van der Waals surface area contributed by atoms with Crippen LogP contribution in [-0.4, -0.2) is 62.3 Å². The van der Waals surface area contributed by atoms with Crippen LogP contribution in [-0.2, 0) is 9.53 Å². The van der Waals surface area contributed by atoms with E-state index in [2.05, 4.69) is 22.5 Å². The zero-order valence-electron chi connectivity index (χ0n) is 13.0. The van der Waals surface area contributed by atoms with Crippen LogP contribution >= 0.6 is 0 Å². The molecular weight excluding hydrogens is 254 g/mol. The van der Waals surface area contributed by atoms with Crippen LogP contribution in [0.5, 0.6) is 0 Å². The van der Waals surface area contributed by atoms with E-state index in [0.717, 1.165) is 37.9 Å². The second-order valence-electron chi connectivity index (χ2n) is 6.38.